The molecule has 4 heteroatoms. The highest BCUT2D eigenvalue weighted by molar-refractivity contribution is 4.98. The maximum Gasteiger partial charge on any atom is 0.0939 e. The molecule has 3 rings (SSSR count). The van der Waals surface area contributed by atoms with Crippen LogP contribution in [0.1, 0.15) is 44.9 Å². The monoisotopic (exact) mass is 269 g/mol. The van der Waals surface area contributed by atoms with Gasteiger partial charge in [0.1, 0.15) is 0 Å². The largest absolute Gasteiger partial charge is 0.378 e. The number of nitrogens with two attached hydrogens (primary N) is 1. The van der Waals surface area contributed by atoms with Gasteiger partial charge in [-0.3, -0.25) is 0 Å². The molecular formula is C15H27NO3. The van der Waals surface area contributed by atoms with Crippen LogP contribution in [0.25, 0.3) is 0 Å². The summed E-state index contributed by atoms with van der Waals surface area (Å²) >= 11 is 0. The number of rotatable bonds is 4. The average Bonchev–Trinajstić information content (AvgIpc) is 2.81. The van der Waals surface area contributed by atoms with E-state index in [9.17, 15) is 0 Å². The van der Waals surface area contributed by atoms with Crippen LogP contribution in [-0.4, -0.2) is 44.2 Å². The number of methoxy groups -OCH3 is 1. The van der Waals surface area contributed by atoms with Crippen molar-refractivity contribution in [3.63, 3.8) is 0 Å². The van der Waals surface area contributed by atoms with Gasteiger partial charge in [0.05, 0.1) is 17.8 Å². The molecule has 1 saturated carbocycles. The molecule has 0 aromatic rings. The van der Waals surface area contributed by atoms with Gasteiger partial charge in [-0.2, -0.15) is 0 Å². The first-order valence-corrected chi connectivity index (χ1v) is 7.70. The highest BCUT2D eigenvalue weighted by Crippen LogP contribution is 2.42. The molecule has 3 atom stereocenters. The second-order valence-electron chi connectivity index (χ2n) is 6.70. The fourth-order valence-corrected chi connectivity index (χ4v) is 3.95. The molecule has 2 aliphatic heterocycles. The molecule has 110 valence electrons. The minimum absolute atomic E-state index is 0.0274. The molecule has 1 spiro atoms. The van der Waals surface area contributed by atoms with Crippen molar-refractivity contribution in [2.75, 3.05) is 26.9 Å². The molecule has 3 aliphatic rings. The quantitative estimate of drug-likeness (QED) is 0.846. The van der Waals surface area contributed by atoms with E-state index in [0.717, 1.165) is 45.5 Å². The van der Waals surface area contributed by atoms with Crippen LogP contribution in [0.5, 0.6) is 0 Å². The van der Waals surface area contributed by atoms with E-state index in [1.54, 1.807) is 0 Å². The van der Waals surface area contributed by atoms with Gasteiger partial charge in [0.15, 0.2) is 0 Å². The molecule has 2 heterocycles. The Labute approximate surface area is 116 Å². The molecule has 3 unspecified atom stereocenters. The van der Waals surface area contributed by atoms with Crippen LogP contribution in [-0.2, 0) is 14.2 Å². The minimum atomic E-state index is -0.0274. The zero-order valence-electron chi connectivity index (χ0n) is 12.0. The highest BCUT2D eigenvalue weighted by atomic mass is 16.6. The van der Waals surface area contributed by atoms with Gasteiger partial charge < -0.3 is 19.9 Å². The van der Waals surface area contributed by atoms with E-state index in [0.29, 0.717) is 5.92 Å². The van der Waals surface area contributed by atoms with Crippen molar-refractivity contribution >= 4 is 0 Å². The Hall–Kier alpha value is -0.160. The summed E-state index contributed by atoms with van der Waals surface area (Å²) in [4.78, 5) is 0. The van der Waals surface area contributed by atoms with Gasteiger partial charge in [-0.05, 0) is 44.4 Å². The predicted molar refractivity (Wildman–Crippen MR) is 73.0 cm³/mol. The summed E-state index contributed by atoms with van der Waals surface area (Å²) in [6, 6.07) is 0.238. The van der Waals surface area contributed by atoms with Crippen molar-refractivity contribution in [3.05, 3.63) is 0 Å². The van der Waals surface area contributed by atoms with E-state index in [4.69, 9.17) is 19.9 Å². The summed E-state index contributed by atoms with van der Waals surface area (Å²) in [5, 5.41) is 0. The van der Waals surface area contributed by atoms with Crippen LogP contribution in [0.4, 0.5) is 0 Å². The molecule has 0 radical (unpaired) electrons. The Morgan fingerprint density at radius 1 is 1.32 bits per heavy atom. The second kappa shape index (κ2) is 5.32. The normalized spacial score (nSPS) is 39.2. The van der Waals surface area contributed by atoms with E-state index < -0.39 is 0 Å². The first-order chi connectivity index (χ1) is 9.17. The standard InChI is InChI=1S/C15H27NO3/c1-17-14(4-2-5-14)10-13(16)12-3-7-19-15(9-12)6-8-18-11-15/h12-13H,2-11,16H2,1H3. The number of ether oxygens (including phenoxy) is 3. The van der Waals surface area contributed by atoms with Crippen molar-refractivity contribution in [1.82, 2.24) is 0 Å². The lowest BCUT2D eigenvalue weighted by Crippen LogP contribution is -2.50. The third-order valence-corrected chi connectivity index (χ3v) is 5.51. The van der Waals surface area contributed by atoms with E-state index >= 15 is 0 Å². The topological polar surface area (TPSA) is 53.7 Å². The molecule has 4 nitrogen and oxygen atoms in total. The van der Waals surface area contributed by atoms with Gasteiger partial charge in [0.2, 0.25) is 0 Å². The first-order valence-electron chi connectivity index (χ1n) is 7.70. The molecule has 2 saturated heterocycles. The molecule has 1 aliphatic carbocycles. The van der Waals surface area contributed by atoms with Gasteiger partial charge in [-0.1, -0.05) is 0 Å². The molecule has 0 aromatic carbocycles. The summed E-state index contributed by atoms with van der Waals surface area (Å²) in [5.41, 5.74) is 6.55. The van der Waals surface area contributed by atoms with Gasteiger partial charge in [-0.25, -0.2) is 0 Å². The summed E-state index contributed by atoms with van der Waals surface area (Å²) in [7, 11) is 1.84. The van der Waals surface area contributed by atoms with Gasteiger partial charge >= 0.3 is 0 Å². The van der Waals surface area contributed by atoms with Crippen LogP contribution in [0.15, 0.2) is 0 Å². The zero-order valence-corrected chi connectivity index (χ0v) is 12.0. The van der Waals surface area contributed by atoms with Crippen molar-refractivity contribution in [1.29, 1.82) is 0 Å². The molecule has 0 bridgehead atoms. The lowest BCUT2D eigenvalue weighted by atomic mass is 9.71. The molecule has 2 N–H and O–H groups in total. The van der Waals surface area contributed by atoms with E-state index in [1.165, 1.54) is 19.3 Å². The van der Waals surface area contributed by atoms with Gasteiger partial charge in [0.25, 0.3) is 0 Å². The fourth-order valence-electron chi connectivity index (χ4n) is 3.95. The Morgan fingerprint density at radius 2 is 2.16 bits per heavy atom. The van der Waals surface area contributed by atoms with Crippen LogP contribution in [0, 0.1) is 5.92 Å². The van der Waals surface area contributed by atoms with Crippen LogP contribution in [0.3, 0.4) is 0 Å². The molecule has 19 heavy (non-hydrogen) atoms. The predicted octanol–water partition coefficient (Wildman–Crippen LogP) is 1.86. The van der Waals surface area contributed by atoms with Crippen LogP contribution in [0.2, 0.25) is 0 Å². The number of hydrogen-bond acceptors (Lipinski definition) is 4. The lowest BCUT2D eigenvalue weighted by molar-refractivity contribution is -0.115. The van der Waals surface area contributed by atoms with Crippen LogP contribution < -0.4 is 5.73 Å². The van der Waals surface area contributed by atoms with Crippen molar-refractivity contribution in [2.24, 2.45) is 11.7 Å². The number of hydrogen-bond donors (Lipinski definition) is 1. The smallest absolute Gasteiger partial charge is 0.0939 e. The van der Waals surface area contributed by atoms with Crippen molar-refractivity contribution in [3.8, 4) is 0 Å². The molecule has 3 fully saturated rings. The Balaban J connectivity index is 1.58. The molecular weight excluding hydrogens is 242 g/mol. The van der Waals surface area contributed by atoms with Gasteiger partial charge in [0, 0.05) is 32.8 Å². The van der Waals surface area contributed by atoms with E-state index in [-0.39, 0.29) is 17.2 Å². The SMILES string of the molecule is COC1(CC(N)C2CCOC3(CCOC3)C2)CCC1. The Kier molecular flexibility index (Phi) is 3.87. The Morgan fingerprint density at radius 3 is 2.74 bits per heavy atom. The maximum absolute atomic E-state index is 6.49. The van der Waals surface area contributed by atoms with Crippen LogP contribution >= 0.6 is 0 Å². The van der Waals surface area contributed by atoms with Crippen molar-refractivity contribution < 1.29 is 14.2 Å². The summed E-state index contributed by atoms with van der Waals surface area (Å²) in [5.74, 6) is 0.558. The first kappa shape index (κ1) is 13.8. The minimum Gasteiger partial charge on any atom is -0.378 e. The summed E-state index contributed by atoms with van der Waals surface area (Å²) < 4.78 is 17.2. The van der Waals surface area contributed by atoms with Crippen molar-refractivity contribution in [2.45, 2.75) is 62.2 Å². The maximum atomic E-state index is 6.49. The third kappa shape index (κ3) is 2.68. The molecule has 0 aromatic heterocycles. The van der Waals surface area contributed by atoms with Gasteiger partial charge in [-0.15, -0.1) is 0 Å². The summed E-state index contributed by atoms with van der Waals surface area (Å²) in [6.07, 6.45) is 7.82. The second-order valence-corrected chi connectivity index (χ2v) is 6.70. The average molecular weight is 269 g/mol. The zero-order chi connectivity index (χ0) is 13.3. The lowest BCUT2D eigenvalue weighted by Gasteiger charge is -2.45. The summed E-state index contributed by atoms with van der Waals surface area (Å²) in [6.45, 7) is 2.43. The third-order valence-electron chi connectivity index (χ3n) is 5.51. The van der Waals surface area contributed by atoms with E-state index in [2.05, 4.69) is 0 Å². The van der Waals surface area contributed by atoms with E-state index in [1.807, 2.05) is 7.11 Å². The highest BCUT2D eigenvalue weighted by Gasteiger charge is 2.45. The fraction of sp³-hybridized carbons (Fsp3) is 1.00. The molecule has 0 amide bonds. The Bertz CT molecular complexity index is 305.